The lowest BCUT2D eigenvalue weighted by atomic mass is 9.99. The van der Waals surface area contributed by atoms with Crippen molar-refractivity contribution in [3.8, 4) is 11.5 Å². The molecule has 2 N–H and O–H groups in total. The number of para-hydroxylation sites is 1. The number of nitrogens with one attached hydrogen (secondary N) is 1. The van der Waals surface area contributed by atoms with Gasteiger partial charge in [-0.05, 0) is 54.8 Å². The summed E-state index contributed by atoms with van der Waals surface area (Å²) in [5.41, 5.74) is 0.104. The molecule has 1 aromatic heterocycles. The molecule has 14 heteroatoms. The number of hydrogen-bond acceptors (Lipinski definition) is 9. The summed E-state index contributed by atoms with van der Waals surface area (Å²) in [5.74, 6) is -0.382. The van der Waals surface area contributed by atoms with Gasteiger partial charge in [-0.3, -0.25) is 9.52 Å². The fourth-order valence-electron chi connectivity index (χ4n) is 4.42. The monoisotopic (exact) mass is 623 g/mol. The van der Waals surface area contributed by atoms with Gasteiger partial charge in [0.15, 0.2) is 5.75 Å². The number of thiophene rings is 1. The number of aliphatic hydroxyl groups is 1. The first-order chi connectivity index (χ1) is 19.4. The number of likely N-dealkylation sites (N-methyl/N-ethyl adjacent to an activating group) is 1. The zero-order chi connectivity index (χ0) is 29.9. The van der Waals surface area contributed by atoms with Crippen LogP contribution in [-0.2, 0) is 20.0 Å². The van der Waals surface area contributed by atoms with Crippen molar-refractivity contribution in [1.29, 1.82) is 0 Å². The van der Waals surface area contributed by atoms with Gasteiger partial charge in [0.2, 0.25) is 0 Å². The zero-order valence-corrected chi connectivity index (χ0v) is 25.5. The van der Waals surface area contributed by atoms with Gasteiger partial charge in [0.1, 0.15) is 16.1 Å². The Morgan fingerprint density at radius 2 is 1.85 bits per heavy atom. The van der Waals surface area contributed by atoms with E-state index in [4.69, 9.17) is 9.47 Å². The van der Waals surface area contributed by atoms with Gasteiger partial charge in [0.05, 0.1) is 42.4 Å². The van der Waals surface area contributed by atoms with Crippen LogP contribution >= 0.6 is 11.3 Å². The summed E-state index contributed by atoms with van der Waals surface area (Å²) < 4.78 is 68.3. The van der Waals surface area contributed by atoms with Crippen LogP contribution in [0.4, 0.5) is 5.69 Å². The summed E-state index contributed by atoms with van der Waals surface area (Å²) in [5, 5.41) is 11.6. The molecule has 222 valence electrons. The maximum atomic E-state index is 13.7. The highest BCUT2D eigenvalue weighted by atomic mass is 32.2. The number of carbonyl (C=O) groups excluding carboxylic acids is 1. The molecular formula is C27H33N3O8S3. The highest BCUT2D eigenvalue weighted by Crippen LogP contribution is 2.36. The number of sulfonamides is 2. The molecule has 4 rings (SSSR count). The van der Waals surface area contributed by atoms with E-state index in [-0.39, 0.29) is 45.8 Å². The minimum Gasteiger partial charge on any atom is -0.497 e. The summed E-state index contributed by atoms with van der Waals surface area (Å²) >= 11 is 1.10. The predicted octanol–water partition coefficient (Wildman–Crippen LogP) is 3.10. The average Bonchev–Trinajstić information content (AvgIpc) is 3.51. The van der Waals surface area contributed by atoms with Crippen LogP contribution in [-0.4, -0.2) is 83.1 Å². The quantitative estimate of drug-likeness (QED) is 0.351. The van der Waals surface area contributed by atoms with Crippen molar-refractivity contribution >= 4 is 43.0 Å². The smallest absolute Gasteiger partial charge is 0.262 e. The predicted molar refractivity (Wildman–Crippen MR) is 156 cm³/mol. The van der Waals surface area contributed by atoms with Gasteiger partial charge < -0.3 is 19.5 Å². The molecule has 0 saturated carbocycles. The Bertz CT molecular complexity index is 1580. The number of anilines is 1. The van der Waals surface area contributed by atoms with E-state index >= 15 is 0 Å². The molecule has 0 bridgehead atoms. The molecule has 0 aliphatic carbocycles. The number of methoxy groups -OCH3 is 1. The first-order valence-corrected chi connectivity index (χ1v) is 16.6. The molecule has 1 amide bonds. The standard InChI is InChI=1S/C27H33N3O8S3/c1-18-15-30(19(2)17-31)27(32)22-7-5-8-23(28-40(33,34)21-12-10-20(37-4)11-13-21)26(22)38-24(18)16-29(3)41(35,36)25-9-6-14-39-25/h5-14,18-19,24,28,31H,15-17H2,1-4H3/t18-,19-,24+/m0/s1. The van der Waals surface area contributed by atoms with E-state index < -0.39 is 44.0 Å². The second kappa shape index (κ2) is 12.4. The van der Waals surface area contributed by atoms with E-state index in [2.05, 4.69) is 4.72 Å². The van der Waals surface area contributed by atoms with Crippen LogP contribution in [0.1, 0.15) is 24.2 Å². The fourth-order valence-corrected chi connectivity index (χ4v) is 7.86. The number of ether oxygens (including phenoxy) is 2. The number of benzene rings is 2. The van der Waals surface area contributed by atoms with Crippen molar-refractivity contribution in [2.24, 2.45) is 5.92 Å². The van der Waals surface area contributed by atoms with Gasteiger partial charge in [0.25, 0.3) is 26.0 Å². The maximum Gasteiger partial charge on any atom is 0.262 e. The molecule has 2 heterocycles. The van der Waals surface area contributed by atoms with Crippen LogP contribution in [0.3, 0.4) is 0 Å². The first-order valence-electron chi connectivity index (χ1n) is 12.8. The Labute approximate surface area is 244 Å². The minimum absolute atomic E-state index is 0.0196. The number of nitrogens with zero attached hydrogens (tertiary/aromatic N) is 2. The molecule has 2 aromatic carbocycles. The number of aliphatic hydroxyl groups excluding tert-OH is 1. The number of fused-ring (bicyclic) bond motifs is 1. The lowest BCUT2D eigenvalue weighted by Gasteiger charge is -2.38. The van der Waals surface area contributed by atoms with E-state index in [0.717, 1.165) is 11.3 Å². The Morgan fingerprint density at radius 3 is 2.46 bits per heavy atom. The molecule has 3 aromatic rings. The molecule has 0 unspecified atom stereocenters. The molecule has 11 nitrogen and oxygen atoms in total. The summed E-state index contributed by atoms with van der Waals surface area (Å²) in [7, 11) is -5.00. The first kappa shape index (κ1) is 30.8. The largest absolute Gasteiger partial charge is 0.497 e. The SMILES string of the molecule is COc1ccc(S(=O)(=O)Nc2cccc3c2O[C@H](CN(C)S(=O)(=O)c2cccs2)[C@@H](C)CN([C@@H](C)CO)C3=O)cc1. The molecule has 0 fully saturated rings. The summed E-state index contributed by atoms with van der Waals surface area (Å²) in [6.07, 6.45) is -0.776. The van der Waals surface area contributed by atoms with Crippen LogP contribution in [0, 0.1) is 5.92 Å². The lowest BCUT2D eigenvalue weighted by molar-refractivity contribution is 0.0389. The van der Waals surface area contributed by atoms with E-state index in [1.165, 1.54) is 71.9 Å². The van der Waals surface area contributed by atoms with Gasteiger partial charge >= 0.3 is 0 Å². The summed E-state index contributed by atoms with van der Waals surface area (Å²) in [6.45, 7) is 3.33. The van der Waals surface area contributed by atoms with Crippen molar-refractivity contribution < 1.29 is 36.2 Å². The maximum absolute atomic E-state index is 13.7. The zero-order valence-electron chi connectivity index (χ0n) is 23.1. The van der Waals surface area contributed by atoms with Crippen LogP contribution in [0.15, 0.2) is 69.1 Å². The second-order valence-electron chi connectivity index (χ2n) is 9.80. The highest BCUT2D eigenvalue weighted by molar-refractivity contribution is 7.92. The van der Waals surface area contributed by atoms with Gasteiger partial charge in [-0.1, -0.05) is 19.1 Å². The van der Waals surface area contributed by atoms with E-state index in [1.807, 2.05) is 6.92 Å². The number of amides is 1. The molecule has 0 saturated heterocycles. The minimum atomic E-state index is -4.11. The Kier molecular flexibility index (Phi) is 9.29. The Morgan fingerprint density at radius 1 is 1.15 bits per heavy atom. The van der Waals surface area contributed by atoms with Crippen LogP contribution in [0.25, 0.3) is 0 Å². The lowest BCUT2D eigenvalue weighted by Crippen LogP contribution is -2.50. The number of rotatable bonds is 10. The average molecular weight is 624 g/mol. The highest BCUT2D eigenvalue weighted by Gasteiger charge is 2.36. The molecule has 3 atom stereocenters. The van der Waals surface area contributed by atoms with Crippen molar-refractivity contribution in [2.75, 3.05) is 38.6 Å². The Hall–Kier alpha value is -3.17. The van der Waals surface area contributed by atoms with Gasteiger partial charge in [0, 0.05) is 19.5 Å². The van der Waals surface area contributed by atoms with Crippen molar-refractivity contribution in [1.82, 2.24) is 9.21 Å². The normalized spacial score (nSPS) is 18.7. The van der Waals surface area contributed by atoms with Crippen LogP contribution in [0.2, 0.25) is 0 Å². The molecule has 0 spiro atoms. The van der Waals surface area contributed by atoms with Gasteiger partial charge in [-0.25, -0.2) is 16.8 Å². The molecule has 41 heavy (non-hydrogen) atoms. The third-order valence-corrected chi connectivity index (χ3v) is 11.5. The third-order valence-electron chi connectivity index (χ3n) is 6.90. The van der Waals surface area contributed by atoms with E-state index in [0.29, 0.717) is 5.75 Å². The van der Waals surface area contributed by atoms with Crippen molar-refractivity contribution in [3.05, 3.63) is 65.5 Å². The summed E-state index contributed by atoms with van der Waals surface area (Å²) in [4.78, 5) is 15.1. The molecule has 1 aliphatic heterocycles. The van der Waals surface area contributed by atoms with Gasteiger partial charge in [-0.2, -0.15) is 4.31 Å². The van der Waals surface area contributed by atoms with E-state index in [9.17, 15) is 26.7 Å². The van der Waals surface area contributed by atoms with Crippen LogP contribution < -0.4 is 14.2 Å². The number of hydrogen-bond donors (Lipinski definition) is 2. The second-order valence-corrected chi connectivity index (χ2v) is 14.7. The van der Waals surface area contributed by atoms with Crippen LogP contribution in [0.5, 0.6) is 11.5 Å². The number of carbonyl (C=O) groups is 1. The molecule has 0 radical (unpaired) electrons. The van der Waals surface area contributed by atoms with Gasteiger partial charge in [-0.15, -0.1) is 11.3 Å². The fraction of sp³-hybridized carbons (Fsp3) is 0.370. The van der Waals surface area contributed by atoms with E-state index in [1.54, 1.807) is 18.4 Å². The topological polar surface area (TPSA) is 143 Å². The van der Waals surface area contributed by atoms with Crippen molar-refractivity contribution in [3.63, 3.8) is 0 Å². The Balaban J connectivity index is 1.76. The summed E-state index contributed by atoms with van der Waals surface area (Å²) in [6, 6.07) is 12.9. The third kappa shape index (κ3) is 6.51. The van der Waals surface area contributed by atoms with Crippen molar-refractivity contribution in [2.45, 2.75) is 35.1 Å². The molecular weight excluding hydrogens is 591 g/mol. The molecule has 1 aliphatic rings.